The third-order valence-electron chi connectivity index (χ3n) is 1.93. The highest BCUT2D eigenvalue weighted by Gasteiger charge is 2.23. The Bertz CT molecular complexity index is 385. The van der Waals surface area contributed by atoms with Crippen molar-refractivity contribution in [2.24, 2.45) is 0 Å². The molecule has 0 saturated heterocycles. The molecule has 1 aromatic carbocycles. The van der Waals surface area contributed by atoms with Gasteiger partial charge < -0.3 is 14.2 Å². The van der Waals surface area contributed by atoms with Crippen LogP contribution in [-0.4, -0.2) is 20.2 Å². The lowest BCUT2D eigenvalue weighted by Gasteiger charge is -2.07. The van der Waals surface area contributed by atoms with Crippen LogP contribution in [0, 0.1) is 0 Å². The van der Waals surface area contributed by atoms with E-state index >= 15 is 0 Å². The van der Waals surface area contributed by atoms with E-state index in [4.69, 9.17) is 25.8 Å². The zero-order valence-corrected chi connectivity index (χ0v) is 8.13. The largest absolute Gasteiger partial charge is 0.494 e. The van der Waals surface area contributed by atoms with Crippen LogP contribution in [0.25, 0.3) is 0 Å². The van der Waals surface area contributed by atoms with Crippen LogP contribution >= 0.6 is 11.6 Å². The molecule has 0 atom stereocenters. The summed E-state index contributed by atoms with van der Waals surface area (Å²) < 4.78 is 15.2. The van der Waals surface area contributed by atoms with Crippen molar-refractivity contribution < 1.29 is 19.0 Å². The first-order valence-electron chi connectivity index (χ1n) is 3.89. The fraction of sp³-hybridized carbons (Fsp3) is 0.222. The van der Waals surface area contributed by atoms with Crippen molar-refractivity contribution in [1.29, 1.82) is 0 Å². The molecule has 0 unspecified atom stereocenters. The van der Waals surface area contributed by atoms with E-state index in [0.29, 0.717) is 28.6 Å². The van der Waals surface area contributed by atoms with Gasteiger partial charge in [0, 0.05) is 6.07 Å². The Morgan fingerprint density at radius 3 is 3.00 bits per heavy atom. The number of fused-ring (bicyclic) bond motifs is 1. The summed E-state index contributed by atoms with van der Waals surface area (Å²) in [6, 6.07) is 1.57. The summed E-state index contributed by atoms with van der Waals surface area (Å²) in [5, 5.41) is 0.332. The van der Waals surface area contributed by atoms with Gasteiger partial charge in [-0.1, -0.05) is 11.6 Å². The molecule has 0 bridgehead atoms. The number of halogens is 1. The van der Waals surface area contributed by atoms with Crippen molar-refractivity contribution in [2.45, 2.75) is 0 Å². The zero-order valence-electron chi connectivity index (χ0n) is 7.37. The summed E-state index contributed by atoms with van der Waals surface area (Å²) in [5.41, 5.74) is 0.285. The molecule has 74 valence electrons. The molecule has 14 heavy (non-hydrogen) atoms. The van der Waals surface area contributed by atoms with Gasteiger partial charge in [-0.15, -0.1) is 0 Å². The lowest BCUT2D eigenvalue weighted by atomic mass is 10.2. The first-order valence-corrected chi connectivity index (χ1v) is 4.27. The third kappa shape index (κ3) is 1.19. The zero-order chi connectivity index (χ0) is 10.1. The number of carbonyl (C=O) groups excluding carboxylic acids is 1. The van der Waals surface area contributed by atoms with E-state index in [1.807, 2.05) is 0 Å². The van der Waals surface area contributed by atoms with Gasteiger partial charge in [0.1, 0.15) is 5.56 Å². The van der Waals surface area contributed by atoms with Gasteiger partial charge in [0.25, 0.3) is 0 Å². The van der Waals surface area contributed by atoms with Crippen molar-refractivity contribution in [3.05, 3.63) is 16.7 Å². The lowest BCUT2D eigenvalue weighted by molar-refractivity contribution is 0.111. The van der Waals surface area contributed by atoms with Crippen LogP contribution < -0.4 is 14.2 Å². The molecule has 1 heterocycles. The van der Waals surface area contributed by atoms with Crippen molar-refractivity contribution >= 4 is 17.9 Å². The van der Waals surface area contributed by atoms with Crippen molar-refractivity contribution in [1.82, 2.24) is 0 Å². The van der Waals surface area contributed by atoms with Gasteiger partial charge >= 0.3 is 0 Å². The Morgan fingerprint density at radius 1 is 1.57 bits per heavy atom. The van der Waals surface area contributed by atoms with Crippen LogP contribution in [0.15, 0.2) is 6.07 Å². The molecule has 1 aliphatic heterocycles. The van der Waals surface area contributed by atoms with Gasteiger partial charge in [0.05, 0.1) is 12.1 Å². The number of aldehydes is 1. The third-order valence-corrected chi connectivity index (χ3v) is 2.21. The van der Waals surface area contributed by atoms with Gasteiger partial charge in [0.2, 0.25) is 6.79 Å². The first-order chi connectivity index (χ1) is 6.77. The molecular formula is C9H7ClO4. The van der Waals surface area contributed by atoms with Gasteiger partial charge in [-0.05, 0) is 0 Å². The Kier molecular flexibility index (Phi) is 2.21. The quantitative estimate of drug-likeness (QED) is 0.706. The second-order valence-corrected chi connectivity index (χ2v) is 3.06. The first kappa shape index (κ1) is 9.15. The second kappa shape index (κ2) is 3.38. The van der Waals surface area contributed by atoms with Gasteiger partial charge in [-0.3, -0.25) is 4.79 Å². The molecular weight excluding hydrogens is 208 g/mol. The highest BCUT2D eigenvalue weighted by Crippen LogP contribution is 2.44. The molecule has 0 spiro atoms. The maximum atomic E-state index is 10.8. The van der Waals surface area contributed by atoms with Gasteiger partial charge in [0.15, 0.2) is 23.5 Å². The maximum Gasteiger partial charge on any atom is 0.231 e. The summed E-state index contributed by atoms with van der Waals surface area (Å²) in [4.78, 5) is 10.8. The SMILES string of the molecule is COc1c(Cl)cc2c(c1C=O)OCO2. The van der Waals surface area contributed by atoms with Crippen molar-refractivity contribution in [3.63, 3.8) is 0 Å². The van der Waals surface area contributed by atoms with E-state index in [2.05, 4.69) is 0 Å². The number of carbonyl (C=O) groups is 1. The van der Waals surface area contributed by atoms with Crippen LogP contribution in [0.4, 0.5) is 0 Å². The van der Waals surface area contributed by atoms with Crippen molar-refractivity contribution in [3.8, 4) is 17.2 Å². The molecule has 0 amide bonds. The minimum absolute atomic E-state index is 0.0969. The molecule has 1 aliphatic rings. The number of methoxy groups -OCH3 is 1. The van der Waals surface area contributed by atoms with Crippen LogP contribution in [0.1, 0.15) is 10.4 Å². The minimum Gasteiger partial charge on any atom is -0.494 e. The smallest absolute Gasteiger partial charge is 0.231 e. The molecule has 1 aromatic rings. The van der Waals surface area contributed by atoms with Gasteiger partial charge in [-0.25, -0.2) is 0 Å². The Labute approximate surface area is 85.3 Å². The highest BCUT2D eigenvalue weighted by molar-refractivity contribution is 6.32. The van der Waals surface area contributed by atoms with E-state index in [-0.39, 0.29) is 12.4 Å². The fourth-order valence-electron chi connectivity index (χ4n) is 1.33. The number of ether oxygens (including phenoxy) is 3. The van der Waals surface area contributed by atoms with Crippen LogP contribution in [0.2, 0.25) is 5.02 Å². The topological polar surface area (TPSA) is 44.8 Å². The lowest BCUT2D eigenvalue weighted by Crippen LogP contribution is -1.95. The molecule has 0 N–H and O–H groups in total. The maximum absolute atomic E-state index is 10.8. The average molecular weight is 215 g/mol. The average Bonchev–Trinajstić information content (AvgIpc) is 2.62. The van der Waals surface area contributed by atoms with E-state index in [1.165, 1.54) is 7.11 Å². The van der Waals surface area contributed by atoms with Gasteiger partial charge in [-0.2, -0.15) is 0 Å². The Morgan fingerprint density at radius 2 is 2.36 bits per heavy atom. The van der Waals surface area contributed by atoms with E-state index in [1.54, 1.807) is 6.07 Å². The molecule has 5 heteroatoms. The van der Waals surface area contributed by atoms with Crippen LogP contribution in [-0.2, 0) is 0 Å². The van der Waals surface area contributed by atoms with E-state index in [0.717, 1.165) is 0 Å². The predicted molar refractivity (Wildman–Crippen MR) is 49.5 cm³/mol. The summed E-state index contributed by atoms with van der Waals surface area (Å²) >= 11 is 5.87. The summed E-state index contributed by atoms with van der Waals surface area (Å²) in [5.74, 6) is 1.17. The number of hydrogen-bond acceptors (Lipinski definition) is 4. The molecule has 0 saturated carbocycles. The Balaban J connectivity index is 2.68. The standard InChI is InChI=1S/C9H7ClO4/c1-12-8-5(3-11)9-7(2-6(8)10)13-4-14-9/h2-3H,4H2,1H3. The molecule has 2 rings (SSSR count). The fourth-order valence-corrected chi connectivity index (χ4v) is 1.61. The summed E-state index contributed by atoms with van der Waals surface area (Å²) in [6.07, 6.45) is 0.637. The van der Waals surface area contributed by atoms with E-state index in [9.17, 15) is 4.79 Å². The van der Waals surface area contributed by atoms with Crippen LogP contribution in [0.3, 0.4) is 0 Å². The normalized spacial score (nSPS) is 12.7. The summed E-state index contributed by atoms with van der Waals surface area (Å²) in [6.45, 7) is 0.0969. The number of rotatable bonds is 2. The number of benzene rings is 1. The summed E-state index contributed by atoms with van der Waals surface area (Å²) in [7, 11) is 1.44. The minimum atomic E-state index is 0.0969. The predicted octanol–water partition coefficient (Wildman–Crippen LogP) is 1.89. The molecule has 0 fully saturated rings. The molecule has 0 radical (unpaired) electrons. The monoisotopic (exact) mass is 214 g/mol. The molecule has 4 nitrogen and oxygen atoms in total. The molecule has 0 aromatic heterocycles. The number of hydrogen-bond donors (Lipinski definition) is 0. The van der Waals surface area contributed by atoms with Crippen LogP contribution in [0.5, 0.6) is 17.2 Å². The molecule has 0 aliphatic carbocycles. The van der Waals surface area contributed by atoms with Crippen molar-refractivity contribution in [2.75, 3.05) is 13.9 Å². The second-order valence-electron chi connectivity index (χ2n) is 2.66. The highest BCUT2D eigenvalue weighted by atomic mass is 35.5. The van der Waals surface area contributed by atoms with E-state index < -0.39 is 0 Å². The Hall–Kier alpha value is -1.42.